The van der Waals surface area contributed by atoms with Crippen molar-refractivity contribution < 1.29 is 28.8 Å². The lowest BCUT2D eigenvalue weighted by atomic mass is 9.79. The first-order valence-electron chi connectivity index (χ1n) is 9.69. The second-order valence-corrected chi connectivity index (χ2v) is 9.83. The molecule has 8 heteroatoms. The van der Waals surface area contributed by atoms with Crippen LogP contribution in [0, 0.1) is 11.8 Å². The summed E-state index contributed by atoms with van der Waals surface area (Å²) in [5, 5.41) is 10.6. The van der Waals surface area contributed by atoms with Crippen LogP contribution in [0.4, 0.5) is 0 Å². The summed E-state index contributed by atoms with van der Waals surface area (Å²) in [5.74, 6) is -1.91. The van der Waals surface area contributed by atoms with Gasteiger partial charge in [0.15, 0.2) is 0 Å². The van der Waals surface area contributed by atoms with Gasteiger partial charge in [0.25, 0.3) is 0 Å². The first-order chi connectivity index (χ1) is 14.3. The second kappa shape index (κ2) is 7.84. The number of benzene rings is 2. The summed E-state index contributed by atoms with van der Waals surface area (Å²) >= 11 is 0. The number of amides is 1. The lowest BCUT2D eigenvalue weighted by molar-refractivity contribution is -0.210. The van der Waals surface area contributed by atoms with Crippen LogP contribution >= 0.6 is 7.37 Å². The summed E-state index contributed by atoms with van der Waals surface area (Å²) in [4.78, 5) is 31.5. The number of fused-ring (bicyclic) bond motifs is 1. The summed E-state index contributed by atoms with van der Waals surface area (Å²) in [6.07, 6.45) is 0.810. The first kappa shape index (κ1) is 20.5. The standard InChI is InChI=1S/C22H22NO6P/c1-14-13-18(23-20(14)19(15(2)24)21(23)25)22(26)28-29-30(27,16-9-5-3-6-10-16)17-11-7-4-8-12-17/h3-15,19-20,24H,1-2H3/t14-,15?,19?,20+/m1/s1. The summed E-state index contributed by atoms with van der Waals surface area (Å²) in [6.45, 7) is 3.42. The minimum atomic E-state index is -3.71. The van der Waals surface area contributed by atoms with Crippen LogP contribution < -0.4 is 10.6 Å². The molecule has 1 amide bonds. The highest BCUT2D eigenvalue weighted by molar-refractivity contribution is 7.74. The molecule has 2 aromatic carbocycles. The summed E-state index contributed by atoms with van der Waals surface area (Å²) in [7, 11) is -3.71. The third-order valence-corrected chi connectivity index (χ3v) is 7.79. The number of carbonyl (C=O) groups is 2. The van der Waals surface area contributed by atoms with Gasteiger partial charge in [0.2, 0.25) is 5.91 Å². The molecule has 2 heterocycles. The van der Waals surface area contributed by atoms with E-state index in [1.807, 2.05) is 6.92 Å². The van der Waals surface area contributed by atoms with E-state index in [-0.39, 0.29) is 23.6 Å². The number of hydrogen-bond donors (Lipinski definition) is 1. The first-order valence-corrected chi connectivity index (χ1v) is 11.3. The zero-order chi connectivity index (χ0) is 21.5. The van der Waals surface area contributed by atoms with E-state index in [0.717, 1.165) is 0 Å². The summed E-state index contributed by atoms with van der Waals surface area (Å²) < 4.78 is 19.0. The maximum atomic E-state index is 13.7. The van der Waals surface area contributed by atoms with Gasteiger partial charge in [0.05, 0.1) is 18.1 Å². The van der Waals surface area contributed by atoms with Gasteiger partial charge in [0, 0.05) is 10.6 Å². The third kappa shape index (κ3) is 3.29. The Kier molecular flexibility index (Phi) is 5.36. The van der Waals surface area contributed by atoms with E-state index in [4.69, 9.17) is 9.56 Å². The lowest BCUT2D eigenvalue weighted by Crippen LogP contribution is -2.63. The minimum absolute atomic E-state index is 0.0436. The molecule has 4 atom stereocenters. The molecule has 2 aliphatic heterocycles. The van der Waals surface area contributed by atoms with Crippen LogP contribution in [0.5, 0.6) is 0 Å². The fourth-order valence-corrected chi connectivity index (χ4v) is 5.84. The Labute approximate surface area is 174 Å². The molecule has 30 heavy (non-hydrogen) atoms. The SMILES string of the molecule is CC(O)C1C(=O)N2C(C(=O)OOP(=O)(c3ccccc3)c3ccccc3)=C[C@@H](C)[C@@H]12. The van der Waals surface area contributed by atoms with Crippen molar-refractivity contribution in [2.45, 2.75) is 26.0 Å². The second-order valence-electron chi connectivity index (χ2n) is 7.54. The number of aliphatic hydroxyl groups is 1. The Balaban J connectivity index is 1.56. The monoisotopic (exact) mass is 427 g/mol. The van der Waals surface area contributed by atoms with Crippen LogP contribution in [0.3, 0.4) is 0 Å². The molecular formula is C22H22NO6P. The molecule has 1 saturated heterocycles. The molecule has 156 valence electrons. The van der Waals surface area contributed by atoms with Crippen molar-refractivity contribution in [3.8, 4) is 0 Å². The maximum absolute atomic E-state index is 13.7. The molecular weight excluding hydrogens is 405 g/mol. The van der Waals surface area contributed by atoms with Crippen molar-refractivity contribution in [1.29, 1.82) is 0 Å². The molecule has 0 aromatic heterocycles. The highest BCUT2D eigenvalue weighted by Crippen LogP contribution is 2.47. The predicted octanol–water partition coefficient (Wildman–Crippen LogP) is 2.13. The zero-order valence-electron chi connectivity index (χ0n) is 16.5. The summed E-state index contributed by atoms with van der Waals surface area (Å²) in [6, 6.07) is 16.7. The lowest BCUT2D eigenvalue weighted by Gasteiger charge is -2.46. The topological polar surface area (TPSA) is 93.1 Å². The Morgan fingerprint density at radius 2 is 1.60 bits per heavy atom. The van der Waals surface area contributed by atoms with Gasteiger partial charge in [0.1, 0.15) is 5.70 Å². The molecule has 1 N–H and O–H groups in total. The fraction of sp³-hybridized carbons (Fsp3) is 0.273. The Hall–Kier alpha value is -2.73. The molecule has 7 nitrogen and oxygen atoms in total. The van der Waals surface area contributed by atoms with Crippen LogP contribution in [0.2, 0.25) is 0 Å². The van der Waals surface area contributed by atoms with E-state index in [1.54, 1.807) is 73.7 Å². The van der Waals surface area contributed by atoms with Crippen molar-refractivity contribution in [3.05, 3.63) is 72.4 Å². The molecule has 0 aliphatic carbocycles. The molecule has 2 unspecified atom stereocenters. The van der Waals surface area contributed by atoms with E-state index in [9.17, 15) is 19.3 Å². The molecule has 0 saturated carbocycles. The molecule has 4 rings (SSSR count). The van der Waals surface area contributed by atoms with Crippen molar-refractivity contribution >= 4 is 29.9 Å². The third-order valence-electron chi connectivity index (χ3n) is 5.55. The number of hydrogen-bond acceptors (Lipinski definition) is 6. The average Bonchev–Trinajstić information content (AvgIpc) is 3.05. The maximum Gasteiger partial charge on any atom is 0.389 e. The molecule has 1 fully saturated rings. The van der Waals surface area contributed by atoms with Gasteiger partial charge in [-0.3, -0.25) is 14.2 Å². The number of nitrogens with zero attached hydrogens (tertiary/aromatic N) is 1. The van der Waals surface area contributed by atoms with Gasteiger partial charge in [-0.2, -0.15) is 0 Å². The largest absolute Gasteiger partial charge is 0.393 e. The van der Waals surface area contributed by atoms with Crippen molar-refractivity contribution in [3.63, 3.8) is 0 Å². The van der Waals surface area contributed by atoms with Crippen LogP contribution in [0.1, 0.15) is 13.8 Å². The normalized spacial score (nSPS) is 24.0. The van der Waals surface area contributed by atoms with E-state index in [0.29, 0.717) is 10.6 Å². The number of β-lactam (4-membered cyclic amide) rings is 1. The highest BCUT2D eigenvalue weighted by atomic mass is 31.2. The van der Waals surface area contributed by atoms with E-state index in [1.165, 1.54) is 4.90 Å². The number of carbonyl (C=O) groups excluding carboxylic acids is 2. The Morgan fingerprint density at radius 3 is 2.10 bits per heavy atom. The minimum Gasteiger partial charge on any atom is -0.393 e. The van der Waals surface area contributed by atoms with Crippen LogP contribution in [0.25, 0.3) is 0 Å². The van der Waals surface area contributed by atoms with Gasteiger partial charge < -0.3 is 10.0 Å². The molecule has 2 aliphatic rings. The average molecular weight is 427 g/mol. The van der Waals surface area contributed by atoms with Crippen molar-refractivity contribution in [2.24, 2.45) is 11.8 Å². The van der Waals surface area contributed by atoms with E-state index in [2.05, 4.69) is 0 Å². The number of rotatable bonds is 6. The highest BCUT2D eigenvalue weighted by Gasteiger charge is 2.57. The van der Waals surface area contributed by atoms with Gasteiger partial charge in [-0.05, 0) is 43.2 Å². The summed E-state index contributed by atoms with van der Waals surface area (Å²) in [5.41, 5.74) is 0.0436. The quantitative estimate of drug-likeness (QED) is 0.329. The van der Waals surface area contributed by atoms with Gasteiger partial charge in [-0.15, -0.1) is 4.67 Å². The Bertz CT molecular complexity index is 993. The Morgan fingerprint density at radius 1 is 1.07 bits per heavy atom. The van der Waals surface area contributed by atoms with Gasteiger partial charge in [-0.1, -0.05) is 43.3 Å². The van der Waals surface area contributed by atoms with E-state index >= 15 is 0 Å². The van der Waals surface area contributed by atoms with Crippen molar-refractivity contribution in [2.75, 3.05) is 0 Å². The van der Waals surface area contributed by atoms with E-state index < -0.39 is 25.4 Å². The van der Waals surface area contributed by atoms with Gasteiger partial charge in [-0.25, -0.2) is 4.79 Å². The van der Waals surface area contributed by atoms with Crippen LogP contribution in [0.15, 0.2) is 72.4 Å². The van der Waals surface area contributed by atoms with Gasteiger partial charge >= 0.3 is 13.3 Å². The molecule has 0 spiro atoms. The number of aliphatic hydroxyl groups excluding tert-OH is 1. The molecule has 0 radical (unpaired) electrons. The smallest absolute Gasteiger partial charge is 0.389 e. The van der Waals surface area contributed by atoms with Crippen LogP contribution in [-0.4, -0.2) is 34.0 Å². The fourth-order valence-electron chi connectivity index (χ4n) is 4.07. The van der Waals surface area contributed by atoms with Crippen LogP contribution in [-0.2, 0) is 23.7 Å². The zero-order valence-corrected chi connectivity index (χ0v) is 17.4. The predicted molar refractivity (Wildman–Crippen MR) is 110 cm³/mol. The molecule has 2 aromatic rings. The van der Waals surface area contributed by atoms with Crippen molar-refractivity contribution in [1.82, 2.24) is 4.90 Å². The molecule has 0 bridgehead atoms.